The first-order chi connectivity index (χ1) is 15.1. The zero-order valence-electron chi connectivity index (χ0n) is 17.7. The fraction of sp³-hybridized carbons (Fsp3) is 0.333. The van der Waals surface area contributed by atoms with E-state index in [9.17, 15) is 28.1 Å². The number of nitro benzene ring substituents is 1. The van der Waals surface area contributed by atoms with Crippen LogP contribution in [0.25, 0.3) is 0 Å². The minimum Gasteiger partial charge on any atom is -0.326 e. The fourth-order valence-corrected chi connectivity index (χ4v) is 5.28. The van der Waals surface area contributed by atoms with Crippen LogP contribution in [0.4, 0.5) is 17.1 Å². The summed E-state index contributed by atoms with van der Waals surface area (Å²) in [6, 6.07) is 10.5. The Bertz CT molecular complexity index is 1140. The molecule has 1 aliphatic heterocycles. The van der Waals surface area contributed by atoms with Crippen molar-refractivity contribution >= 4 is 38.9 Å². The molecule has 2 amide bonds. The Kier molecular flexibility index (Phi) is 6.90. The van der Waals surface area contributed by atoms with E-state index in [0.29, 0.717) is 29.8 Å². The van der Waals surface area contributed by atoms with Gasteiger partial charge in [0.05, 0.1) is 9.82 Å². The Labute approximate surface area is 185 Å². The van der Waals surface area contributed by atoms with Gasteiger partial charge in [0.2, 0.25) is 21.8 Å². The molecule has 0 saturated carbocycles. The Morgan fingerprint density at radius 2 is 1.59 bits per heavy atom. The molecule has 0 radical (unpaired) electrons. The van der Waals surface area contributed by atoms with Crippen LogP contribution in [0.1, 0.15) is 25.3 Å². The maximum Gasteiger partial charge on any atom is 0.270 e. The lowest BCUT2D eigenvalue weighted by molar-refractivity contribution is -0.385. The first kappa shape index (κ1) is 23.4. The lowest BCUT2D eigenvalue weighted by Gasteiger charge is -2.30. The molecule has 0 aliphatic carbocycles. The van der Waals surface area contributed by atoms with Crippen LogP contribution >= 0.6 is 0 Å². The first-order valence-electron chi connectivity index (χ1n) is 10.0. The number of non-ortho nitro benzene ring substituents is 1. The molecule has 11 heteroatoms. The highest BCUT2D eigenvalue weighted by Gasteiger charge is 2.33. The Morgan fingerprint density at radius 3 is 2.12 bits per heavy atom. The monoisotopic (exact) mass is 460 g/mol. The average Bonchev–Trinajstić information content (AvgIpc) is 2.75. The van der Waals surface area contributed by atoms with Crippen molar-refractivity contribution in [3.8, 4) is 0 Å². The second-order valence-corrected chi connectivity index (χ2v) is 9.54. The molecule has 0 aromatic heterocycles. The molecule has 0 bridgehead atoms. The third kappa shape index (κ3) is 5.29. The summed E-state index contributed by atoms with van der Waals surface area (Å²) >= 11 is 0. The number of carbonyl (C=O) groups excluding carboxylic acids is 2. The van der Waals surface area contributed by atoms with Gasteiger partial charge in [-0.3, -0.25) is 19.7 Å². The highest BCUT2D eigenvalue weighted by Crippen LogP contribution is 2.29. The predicted molar refractivity (Wildman–Crippen MR) is 119 cm³/mol. The van der Waals surface area contributed by atoms with Crippen molar-refractivity contribution in [2.45, 2.75) is 31.6 Å². The van der Waals surface area contributed by atoms with Gasteiger partial charge in [0.15, 0.2) is 0 Å². The van der Waals surface area contributed by atoms with Crippen LogP contribution in [0.3, 0.4) is 0 Å². The van der Waals surface area contributed by atoms with E-state index in [-0.39, 0.29) is 41.4 Å². The normalized spacial score (nSPS) is 15.2. The molecule has 0 atom stereocenters. The first-order valence-corrected chi connectivity index (χ1v) is 11.5. The van der Waals surface area contributed by atoms with Crippen molar-refractivity contribution in [2.24, 2.45) is 5.92 Å². The van der Waals surface area contributed by atoms with Gasteiger partial charge >= 0.3 is 0 Å². The third-order valence-electron chi connectivity index (χ3n) is 5.30. The van der Waals surface area contributed by atoms with Crippen LogP contribution in [0.15, 0.2) is 47.4 Å². The molecular formula is C21H24N4O6S. The van der Waals surface area contributed by atoms with E-state index in [1.165, 1.54) is 23.4 Å². The highest BCUT2D eigenvalue weighted by molar-refractivity contribution is 7.89. The number of sulfonamides is 1. The predicted octanol–water partition coefficient (Wildman–Crippen LogP) is 2.90. The van der Waals surface area contributed by atoms with Crippen molar-refractivity contribution in [1.82, 2.24) is 4.31 Å². The van der Waals surface area contributed by atoms with E-state index >= 15 is 0 Å². The molecule has 1 aliphatic rings. The maximum absolute atomic E-state index is 13.0. The number of hydrogen-bond donors (Lipinski definition) is 2. The van der Waals surface area contributed by atoms with Crippen LogP contribution < -0.4 is 10.6 Å². The molecule has 1 fully saturated rings. The Hall–Kier alpha value is -3.31. The van der Waals surface area contributed by atoms with E-state index in [1.807, 2.05) is 0 Å². The summed E-state index contributed by atoms with van der Waals surface area (Å²) in [5.41, 5.74) is 1.34. The molecule has 1 heterocycles. The van der Waals surface area contributed by atoms with Gasteiger partial charge in [-0.2, -0.15) is 4.31 Å². The number of piperidine rings is 1. The molecule has 2 N–H and O–H groups in total. The summed E-state index contributed by atoms with van der Waals surface area (Å²) in [7, 11) is -3.91. The molecule has 32 heavy (non-hydrogen) atoms. The molecule has 0 spiro atoms. The van der Waals surface area contributed by atoms with Gasteiger partial charge in [0.25, 0.3) is 5.69 Å². The van der Waals surface area contributed by atoms with E-state index in [0.717, 1.165) is 6.07 Å². The molecule has 3 rings (SSSR count). The van der Waals surface area contributed by atoms with E-state index in [4.69, 9.17) is 0 Å². The van der Waals surface area contributed by atoms with Crippen LogP contribution in [0.2, 0.25) is 0 Å². The van der Waals surface area contributed by atoms with Crippen molar-refractivity contribution in [1.29, 1.82) is 0 Å². The van der Waals surface area contributed by atoms with E-state index in [2.05, 4.69) is 10.6 Å². The number of nitro groups is 1. The summed E-state index contributed by atoms with van der Waals surface area (Å²) in [5.74, 6) is -0.757. The standard InChI is InChI=1S/C21H24N4O6S/c1-14-3-8-19(25(28)29)13-20(14)32(30,31)24-11-9-16(10-12-24)21(27)23-18-6-4-17(5-7-18)22-15(2)26/h3-8,13,16H,9-12H2,1-2H3,(H,22,26)(H,23,27). The van der Waals surface area contributed by atoms with Gasteiger partial charge < -0.3 is 10.6 Å². The molecule has 1 saturated heterocycles. The van der Waals surface area contributed by atoms with Crippen molar-refractivity contribution in [3.63, 3.8) is 0 Å². The van der Waals surface area contributed by atoms with Gasteiger partial charge in [-0.15, -0.1) is 0 Å². The largest absolute Gasteiger partial charge is 0.326 e. The summed E-state index contributed by atoms with van der Waals surface area (Å²) < 4.78 is 27.3. The van der Waals surface area contributed by atoms with Crippen molar-refractivity contribution < 1.29 is 22.9 Å². The second-order valence-electron chi connectivity index (χ2n) is 7.63. The lowest BCUT2D eigenvalue weighted by atomic mass is 9.97. The zero-order valence-corrected chi connectivity index (χ0v) is 18.5. The number of amides is 2. The van der Waals surface area contributed by atoms with Crippen LogP contribution in [-0.4, -0.2) is 42.6 Å². The molecule has 0 unspecified atom stereocenters. The number of nitrogens with one attached hydrogen (secondary N) is 2. The molecule has 2 aromatic rings. The van der Waals surface area contributed by atoms with Crippen molar-refractivity contribution in [2.75, 3.05) is 23.7 Å². The van der Waals surface area contributed by atoms with Crippen molar-refractivity contribution in [3.05, 3.63) is 58.1 Å². The third-order valence-corrected chi connectivity index (χ3v) is 7.34. The van der Waals surface area contributed by atoms with E-state index < -0.39 is 14.9 Å². The SMILES string of the molecule is CC(=O)Nc1ccc(NC(=O)C2CCN(S(=O)(=O)c3cc([N+](=O)[O-])ccc3C)CC2)cc1. The van der Waals surface area contributed by atoms with Gasteiger partial charge in [-0.1, -0.05) is 6.07 Å². The Balaban J connectivity index is 1.63. The number of carbonyl (C=O) groups is 2. The number of nitrogens with zero attached hydrogens (tertiary/aromatic N) is 2. The van der Waals surface area contributed by atoms with Crippen LogP contribution in [0, 0.1) is 23.0 Å². The van der Waals surface area contributed by atoms with Crippen LogP contribution in [0.5, 0.6) is 0 Å². The van der Waals surface area contributed by atoms with E-state index in [1.54, 1.807) is 31.2 Å². The number of hydrogen-bond acceptors (Lipinski definition) is 6. The smallest absolute Gasteiger partial charge is 0.270 e. The minimum absolute atomic E-state index is 0.0890. The average molecular weight is 461 g/mol. The molecule has 170 valence electrons. The highest BCUT2D eigenvalue weighted by atomic mass is 32.2. The quantitative estimate of drug-likeness (QED) is 0.502. The Morgan fingerprint density at radius 1 is 1.03 bits per heavy atom. The topological polar surface area (TPSA) is 139 Å². The van der Waals surface area contributed by atoms with Crippen LogP contribution in [-0.2, 0) is 19.6 Å². The van der Waals surface area contributed by atoms with Gasteiger partial charge in [-0.25, -0.2) is 8.42 Å². The molecule has 2 aromatic carbocycles. The second kappa shape index (κ2) is 9.45. The van der Waals surface area contributed by atoms with Gasteiger partial charge in [0, 0.05) is 49.4 Å². The number of aryl methyl sites for hydroxylation is 1. The number of rotatable bonds is 6. The summed E-state index contributed by atoms with van der Waals surface area (Å²) in [6.45, 7) is 3.28. The minimum atomic E-state index is -3.91. The van der Waals surface area contributed by atoms with Gasteiger partial charge in [0.1, 0.15) is 0 Å². The summed E-state index contributed by atoms with van der Waals surface area (Å²) in [6.07, 6.45) is 0.673. The van der Waals surface area contributed by atoms with Gasteiger partial charge in [-0.05, 0) is 49.6 Å². The molecule has 10 nitrogen and oxygen atoms in total. The maximum atomic E-state index is 13.0. The summed E-state index contributed by atoms with van der Waals surface area (Å²) in [5, 5.41) is 16.5. The lowest BCUT2D eigenvalue weighted by Crippen LogP contribution is -2.41. The fourth-order valence-electron chi connectivity index (χ4n) is 3.56. The number of benzene rings is 2. The molecular weight excluding hydrogens is 436 g/mol. The summed E-state index contributed by atoms with van der Waals surface area (Å²) in [4.78, 5) is 34.0. The zero-order chi connectivity index (χ0) is 23.5. The number of anilines is 2.